The summed E-state index contributed by atoms with van der Waals surface area (Å²) < 4.78 is 19.2. The second-order valence-electron chi connectivity index (χ2n) is 8.80. The van der Waals surface area contributed by atoms with Gasteiger partial charge in [0.2, 0.25) is 5.88 Å². The summed E-state index contributed by atoms with van der Waals surface area (Å²) in [6.07, 6.45) is 1.59. The van der Waals surface area contributed by atoms with Crippen LogP contribution in [0, 0.1) is 13.8 Å². The van der Waals surface area contributed by atoms with E-state index in [-0.39, 0.29) is 18.3 Å². The van der Waals surface area contributed by atoms with Gasteiger partial charge in [0, 0.05) is 17.5 Å². The number of nitrogens with zero attached hydrogens (tertiary/aromatic N) is 4. The number of aromatic nitrogens is 4. The molecule has 0 saturated carbocycles. The van der Waals surface area contributed by atoms with E-state index in [1.54, 1.807) is 30.1 Å². The van der Waals surface area contributed by atoms with E-state index in [2.05, 4.69) is 10.1 Å². The summed E-state index contributed by atoms with van der Waals surface area (Å²) in [6.45, 7) is 4.26. The number of fused-ring (bicyclic) bond motifs is 4. The van der Waals surface area contributed by atoms with Crippen molar-refractivity contribution in [3.8, 4) is 28.9 Å². The predicted octanol–water partition coefficient (Wildman–Crippen LogP) is 5.32. The minimum Gasteiger partial charge on any atom is -0.508 e. The van der Waals surface area contributed by atoms with Gasteiger partial charge in [0.1, 0.15) is 35.9 Å². The van der Waals surface area contributed by atoms with E-state index in [0.717, 1.165) is 39.3 Å². The molecule has 8 nitrogen and oxygen atoms in total. The Morgan fingerprint density at radius 3 is 2.56 bits per heavy atom. The van der Waals surface area contributed by atoms with E-state index < -0.39 is 0 Å². The number of phenolic OH excluding ortho intramolecular Hbond substituents is 1. The molecule has 0 radical (unpaired) electrons. The summed E-state index contributed by atoms with van der Waals surface area (Å²) in [7, 11) is 1.64. The lowest BCUT2D eigenvalue weighted by Gasteiger charge is -2.28. The Hall–Kier alpha value is -4.59. The van der Waals surface area contributed by atoms with E-state index in [1.807, 2.05) is 62.4 Å². The standard InChI is InChI=1S/C28H24N4O4/c1-16-5-4-6-17(2)26(16)35-14-23-30-27-25-24(18-7-10-20(34-3)11-8-18)21-12-9-19(33)13-22(21)36-28(25)29-15-32(27)31-23/h4-13,15,24,33H,14H2,1-3H3. The smallest absolute Gasteiger partial charge is 0.228 e. The van der Waals surface area contributed by atoms with Gasteiger partial charge in [-0.3, -0.25) is 0 Å². The van der Waals surface area contributed by atoms with E-state index in [1.165, 1.54) is 0 Å². The fourth-order valence-electron chi connectivity index (χ4n) is 4.71. The van der Waals surface area contributed by atoms with Gasteiger partial charge in [-0.25, -0.2) is 14.5 Å². The van der Waals surface area contributed by atoms with Crippen molar-refractivity contribution in [1.82, 2.24) is 19.6 Å². The van der Waals surface area contributed by atoms with E-state index in [0.29, 0.717) is 23.1 Å². The van der Waals surface area contributed by atoms with Crippen LogP contribution in [0.15, 0.2) is 67.0 Å². The third-order valence-electron chi connectivity index (χ3n) is 6.44. The van der Waals surface area contributed by atoms with Crippen LogP contribution in [-0.4, -0.2) is 31.8 Å². The molecule has 36 heavy (non-hydrogen) atoms. The monoisotopic (exact) mass is 480 g/mol. The highest BCUT2D eigenvalue weighted by Gasteiger charge is 2.33. The molecule has 1 atom stereocenters. The Kier molecular flexibility index (Phi) is 5.21. The van der Waals surface area contributed by atoms with E-state index >= 15 is 0 Å². The van der Waals surface area contributed by atoms with Gasteiger partial charge in [-0.2, -0.15) is 0 Å². The van der Waals surface area contributed by atoms with Gasteiger partial charge in [0.15, 0.2) is 11.5 Å². The second kappa shape index (κ2) is 8.57. The summed E-state index contributed by atoms with van der Waals surface area (Å²) >= 11 is 0. The minimum absolute atomic E-state index is 0.125. The molecule has 1 aliphatic rings. The first-order valence-electron chi connectivity index (χ1n) is 11.6. The first kappa shape index (κ1) is 21.9. The van der Waals surface area contributed by atoms with Gasteiger partial charge >= 0.3 is 0 Å². The number of rotatable bonds is 5. The van der Waals surface area contributed by atoms with Crippen LogP contribution in [0.25, 0.3) is 5.65 Å². The molecule has 0 bridgehead atoms. The lowest BCUT2D eigenvalue weighted by atomic mass is 9.84. The topological polar surface area (TPSA) is 91.0 Å². The lowest BCUT2D eigenvalue weighted by Crippen LogP contribution is -2.15. The number of benzene rings is 3. The highest BCUT2D eigenvalue weighted by atomic mass is 16.5. The highest BCUT2D eigenvalue weighted by molar-refractivity contribution is 5.66. The SMILES string of the molecule is COc1ccc(C2c3ccc(O)cc3Oc3ncn4nc(COc5c(C)cccc5C)nc4c32)cc1. The van der Waals surface area contributed by atoms with Crippen molar-refractivity contribution in [2.45, 2.75) is 26.4 Å². The second-order valence-corrected chi connectivity index (χ2v) is 8.80. The molecule has 0 fully saturated rings. The quantitative estimate of drug-likeness (QED) is 0.357. The van der Waals surface area contributed by atoms with Crippen molar-refractivity contribution in [3.63, 3.8) is 0 Å². The summed E-state index contributed by atoms with van der Waals surface area (Å²) in [6, 6.07) is 19.1. The number of hydrogen-bond acceptors (Lipinski definition) is 7. The Morgan fingerprint density at radius 2 is 1.81 bits per heavy atom. The van der Waals surface area contributed by atoms with Gasteiger partial charge in [-0.05, 0) is 48.7 Å². The van der Waals surface area contributed by atoms with Crippen molar-refractivity contribution in [2.75, 3.05) is 7.11 Å². The fourth-order valence-corrected chi connectivity index (χ4v) is 4.71. The lowest BCUT2D eigenvalue weighted by molar-refractivity contribution is 0.292. The van der Waals surface area contributed by atoms with Gasteiger partial charge in [0.05, 0.1) is 12.7 Å². The molecular weight excluding hydrogens is 456 g/mol. The number of methoxy groups -OCH3 is 1. The Labute approximate surface area is 207 Å². The molecule has 0 amide bonds. The van der Waals surface area contributed by atoms with Gasteiger partial charge in [0.25, 0.3) is 0 Å². The minimum atomic E-state index is -0.233. The summed E-state index contributed by atoms with van der Waals surface area (Å²) in [5.41, 5.74) is 5.47. The molecule has 8 heteroatoms. The van der Waals surface area contributed by atoms with E-state index in [9.17, 15) is 5.11 Å². The predicted molar refractivity (Wildman–Crippen MR) is 133 cm³/mol. The molecule has 2 aromatic heterocycles. The van der Waals surface area contributed by atoms with Crippen molar-refractivity contribution in [3.05, 3.63) is 101 Å². The Balaban J connectivity index is 1.45. The zero-order valence-electron chi connectivity index (χ0n) is 20.1. The summed E-state index contributed by atoms with van der Waals surface area (Å²) in [4.78, 5) is 9.37. The molecule has 3 heterocycles. The zero-order valence-corrected chi connectivity index (χ0v) is 20.1. The van der Waals surface area contributed by atoms with Crippen molar-refractivity contribution < 1.29 is 19.3 Å². The first-order chi connectivity index (χ1) is 17.5. The average molecular weight is 481 g/mol. The third kappa shape index (κ3) is 3.67. The highest BCUT2D eigenvalue weighted by Crippen LogP contribution is 2.48. The van der Waals surface area contributed by atoms with Crippen molar-refractivity contribution >= 4 is 5.65 Å². The number of hydrogen-bond donors (Lipinski definition) is 1. The van der Waals surface area contributed by atoms with Crippen molar-refractivity contribution in [2.24, 2.45) is 0 Å². The van der Waals surface area contributed by atoms with Crippen LogP contribution in [0.4, 0.5) is 0 Å². The van der Waals surface area contributed by atoms with Gasteiger partial charge < -0.3 is 19.3 Å². The number of aryl methyl sites for hydroxylation is 2. The molecule has 180 valence electrons. The van der Waals surface area contributed by atoms with Crippen LogP contribution in [-0.2, 0) is 6.61 Å². The molecule has 3 aromatic carbocycles. The maximum atomic E-state index is 10.1. The van der Waals surface area contributed by atoms with Crippen LogP contribution in [0.1, 0.15) is 39.6 Å². The number of para-hydroxylation sites is 1. The molecule has 5 aromatic rings. The largest absolute Gasteiger partial charge is 0.508 e. The molecule has 1 N–H and O–H groups in total. The van der Waals surface area contributed by atoms with Gasteiger partial charge in [-0.1, -0.05) is 36.4 Å². The summed E-state index contributed by atoms with van der Waals surface area (Å²) in [5, 5.41) is 14.7. The molecule has 1 unspecified atom stereocenters. The molecule has 0 saturated heterocycles. The first-order valence-corrected chi connectivity index (χ1v) is 11.6. The average Bonchev–Trinajstić information content (AvgIpc) is 3.30. The molecule has 0 aliphatic carbocycles. The third-order valence-corrected chi connectivity index (χ3v) is 6.44. The number of aromatic hydroxyl groups is 1. The Morgan fingerprint density at radius 1 is 1.03 bits per heavy atom. The van der Waals surface area contributed by atoms with Crippen LogP contribution in [0.3, 0.4) is 0 Å². The fraction of sp³-hybridized carbons (Fsp3) is 0.179. The molecule has 6 rings (SSSR count). The van der Waals surface area contributed by atoms with Gasteiger partial charge in [-0.15, -0.1) is 5.10 Å². The normalized spacial score (nSPS) is 14.1. The van der Waals surface area contributed by atoms with Crippen LogP contribution >= 0.6 is 0 Å². The van der Waals surface area contributed by atoms with Crippen LogP contribution in [0.2, 0.25) is 0 Å². The maximum absolute atomic E-state index is 10.1. The van der Waals surface area contributed by atoms with Crippen LogP contribution < -0.4 is 14.2 Å². The molecule has 0 spiro atoms. The Bertz CT molecular complexity index is 1570. The van der Waals surface area contributed by atoms with Crippen molar-refractivity contribution in [1.29, 1.82) is 0 Å². The molecule has 1 aliphatic heterocycles. The summed E-state index contributed by atoms with van der Waals surface area (Å²) in [5.74, 6) is 3.02. The number of ether oxygens (including phenoxy) is 3. The maximum Gasteiger partial charge on any atom is 0.228 e. The van der Waals surface area contributed by atoms with E-state index in [4.69, 9.17) is 19.2 Å². The molecular formula is C28H24N4O4. The zero-order chi connectivity index (χ0) is 24.8. The number of phenols is 1. The van der Waals surface area contributed by atoms with Crippen LogP contribution in [0.5, 0.6) is 28.9 Å².